The fourth-order valence-corrected chi connectivity index (χ4v) is 7.06. The van der Waals surface area contributed by atoms with Crippen LogP contribution in [0.15, 0.2) is 93.9 Å². The molecule has 0 aliphatic rings. The maximum atomic E-state index is 5.29. The Kier molecular flexibility index (Phi) is 7.19. The molecule has 0 radical (unpaired) electrons. The number of hydrogen-bond donors (Lipinski definition) is 0. The van der Waals surface area contributed by atoms with Gasteiger partial charge in [0.05, 0.1) is 0 Å². The first-order chi connectivity index (χ1) is 15.1. The molecule has 0 atom stereocenters. The van der Waals surface area contributed by atoms with E-state index in [0.717, 1.165) is 31.6 Å². The normalized spacial score (nSPS) is 10.7. The van der Waals surface area contributed by atoms with Gasteiger partial charge in [-0.15, -0.1) is 0 Å². The predicted octanol–water partition coefficient (Wildman–Crippen LogP) is 6.22. The van der Waals surface area contributed by atoms with Crippen LogP contribution in [0.3, 0.4) is 0 Å². The van der Waals surface area contributed by atoms with E-state index in [0.29, 0.717) is 0 Å². The molecular weight excluding hydrogens is 583 g/mol. The second-order valence-electron chi connectivity index (χ2n) is 6.79. The van der Waals surface area contributed by atoms with E-state index >= 15 is 0 Å². The molecule has 4 aromatic carbocycles. The molecule has 0 spiro atoms. The third-order valence-electron chi connectivity index (χ3n) is 4.95. The molecule has 0 aliphatic heterocycles. The van der Waals surface area contributed by atoms with Crippen molar-refractivity contribution in [2.24, 2.45) is 0 Å². The zero-order valence-electron chi connectivity index (χ0n) is 17.1. The minimum absolute atomic E-state index is 0.128. The first kappa shape index (κ1) is 22.2. The quantitative estimate of drug-likeness (QED) is 0.244. The summed E-state index contributed by atoms with van der Waals surface area (Å²) in [6, 6.07) is 29.3. The van der Waals surface area contributed by atoms with Crippen LogP contribution >= 0.6 is 31.9 Å². The number of benzene rings is 4. The van der Waals surface area contributed by atoms with Gasteiger partial charge in [-0.1, -0.05) is 0 Å². The van der Waals surface area contributed by atoms with Gasteiger partial charge in [-0.2, -0.15) is 0 Å². The SMILES string of the molecule is COc1ccc(-c2cccc([Se]c3cccc(-c4ccc(OC)cc4)c3Br)c2Br)cc1. The Morgan fingerprint density at radius 1 is 0.548 bits per heavy atom. The van der Waals surface area contributed by atoms with Crippen molar-refractivity contribution in [2.75, 3.05) is 14.2 Å². The number of ether oxygens (including phenoxy) is 2. The number of halogens is 2. The van der Waals surface area contributed by atoms with E-state index in [9.17, 15) is 0 Å². The monoisotopic (exact) mass is 602 g/mol. The van der Waals surface area contributed by atoms with Crippen LogP contribution < -0.4 is 18.4 Å². The van der Waals surface area contributed by atoms with Gasteiger partial charge in [-0.25, -0.2) is 0 Å². The molecule has 0 amide bonds. The summed E-state index contributed by atoms with van der Waals surface area (Å²) in [6.07, 6.45) is 0. The van der Waals surface area contributed by atoms with Gasteiger partial charge in [-0.05, 0) is 0 Å². The summed E-state index contributed by atoms with van der Waals surface area (Å²) < 4.78 is 15.5. The molecule has 0 aromatic heterocycles. The molecule has 0 saturated heterocycles. The predicted molar refractivity (Wildman–Crippen MR) is 137 cm³/mol. The molecular formula is C26H20Br2O2Se. The van der Waals surface area contributed by atoms with E-state index in [2.05, 4.69) is 92.5 Å². The Hall–Kier alpha value is -2.04. The van der Waals surface area contributed by atoms with E-state index in [4.69, 9.17) is 9.47 Å². The van der Waals surface area contributed by atoms with E-state index in [1.54, 1.807) is 14.2 Å². The third kappa shape index (κ3) is 4.91. The summed E-state index contributed by atoms with van der Waals surface area (Å²) in [6.45, 7) is 0. The van der Waals surface area contributed by atoms with Crippen LogP contribution in [0.25, 0.3) is 22.3 Å². The molecule has 4 rings (SSSR count). The van der Waals surface area contributed by atoms with Gasteiger partial charge in [0.25, 0.3) is 0 Å². The number of hydrogen-bond acceptors (Lipinski definition) is 2. The van der Waals surface area contributed by atoms with Crippen molar-refractivity contribution in [2.45, 2.75) is 0 Å². The van der Waals surface area contributed by atoms with Crippen molar-refractivity contribution in [3.63, 3.8) is 0 Å². The summed E-state index contributed by atoms with van der Waals surface area (Å²) in [5.41, 5.74) is 4.70. The van der Waals surface area contributed by atoms with Crippen molar-refractivity contribution < 1.29 is 9.47 Å². The van der Waals surface area contributed by atoms with Crippen LogP contribution in [0.1, 0.15) is 0 Å². The van der Waals surface area contributed by atoms with Crippen LogP contribution in [-0.2, 0) is 0 Å². The van der Waals surface area contributed by atoms with Gasteiger partial charge >= 0.3 is 207 Å². The molecule has 5 heteroatoms. The molecule has 0 N–H and O–H groups in total. The topological polar surface area (TPSA) is 18.5 Å². The minimum atomic E-state index is 0.128. The van der Waals surface area contributed by atoms with Gasteiger partial charge in [0.2, 0.25) is 0 Å². The fraction of sp³-hybridized carbons (Fsp3) is 0.0769. The molecule has 156 valence electrons. The summed E-state index contributed by atoms with van der Waals surface area (Å²) in [5.74, 6) is 1.72. The third-order valence-corrected chi connectivity index (χ3v) is 10.2. The van der Waals surface area contributed by atoms with Crippen molar-refractivity contribution in [1.82, 2.24) is 0 Å². The van der Waals surface area contributed by atoms with Crippen LogP contribution in [0.4, 0.5) is 0 Å². The molecule has 4 aromatic rings. The first-order valence-corrected chi connectivity index (χ1v) is 12.9. The van der Waals surface area contributed by atoms with Crippen LogP contribution in [0, 0.1) is 0 Å². The summed E-state index contributed by atoms with van der Waals surface area (Å²) in [5, 5.41) is 0. The first-order valence-electron chi connectivity index (χ1n) is 9.64. The summed E-state index contributed by atoms with van der Waals surface area (Å²) in [7, 11) is 3.37. The van der Waals surface area contributed by atoms with Gasteiger partial charge in [0, 0.05) is 0 Å². The van der Waals surface area contributed by atoms with Gasteiger partial charge < -0.3 is 0 Å². The van der Waals surface area contributed by atoms with Crippen molar-refractivity contribution in [1.29, 1.82) is 0 Å². The van der Waals surface area contributed by atoms with Crippen LogP contribution in [-0.4, -0.2) is 29.2 Å². The Morgan fingerprint density at radius 2 is 0.935 bits per heavy atom. The summed E-state index contributed by atoms with van der Waals surface area (Å²) in [4.78, 5) is 0. The van der Waals surface area contributed by atoms with Crippen LogP contribution in [0.5, 0.6) is 11.5 Å². The zero-order chi connectivity index (χ0) is 21.8. The maximum absolute atomic E-state index is 5.29. The van der Waals surface area contributed by atoms with Crippen LogP contribution in [0.2, 0.25) is 0 Å². The van der Waals surface area contributed by atoms with Gasteiger partial charge in [-0.3, -0.25) is 0 Å². The Labute approximate surface area is 206 Å². The second-order valence-corrected chi connectivity index (χ2v) is 10.7. The molecule has 31 heavy (non-hydrogen) atoms. The standard InChI is InChI=1S/C26H20Br2O2Se/c1-29-19-13-9-17(10-14-19)21-5-3-7-23(25(21)27)31-24-8-4-6-22(26(24)28)18-11-15-20(30-2)16-12-18/h3-16H,1-2H3. The van der Waals surface area contributed by atoms with E-state index in [-0.39, 0.29) is 15.0 Å². The van der Waals surface area contributed by atoms with Gasteiger partial charge in [0.15, 0.2) is 0 Å². The van der Waals surface area contributed by atoms with E-state index < -0.39 is 0 Å². The van der Waals surface area contributed by atoms with Crippen molar-refractivity contribution in [3.8, 4) is 33.8 Å². The molecule has 0 bridgehead atoms. The van der Waals surface area contributed by atoms with E-state index in [1.807, 2.05) is 24.3 Å². The van der Waals surface area contributed by atoms with Crippen molar-refractivity contribution >= 4 is 55.7 Å². The van der Waals surface area contributed by atoms with Crippen molar-refractivity contribution in [3.05, 3.63) is 93.9 Å². The fourth-order valence-electron chi connectivity index (χ4n) is 3.28. The number of rotatable bonds is 6. The molecule has 0 unspecified atom stereocenters. The Morgan fingerprint density at radius 3 is 1.29 bits per heavy atom. The molecule has 0 saturated carbocycles. The number of methoxy groups -OCH3 is 2. The molecule has 0 heterocycles. The Balaban J connectivity index is 1.66. The molecule has 2 nitrogen and oxygen atoms in total. The summed E-state index contributed by atoms with van der Waals surface area (Å²) >= 11 is 7.87. The zero-order valence-corrected chi connectivity index (χ0v) is 21.9. The molecule has 0 aliphatic carbocycles. The average molecular weight is 603 g/mol. The van der Waals surface area contributed by atoms with Gasteiger partial charge in [0.1, 0.15) is 0 Å². The Bertz CT molecular complexity index is 1090. The average Bonchev–Trinajstić information content (AvgIpc) is 2.82. The molecule has 0 fully saturated rings. The second kappa shape index (κ2) is 10.1. The van der Waals surface area contributed by atoms with E-state index in [1.165, 1.54) is 20.1 Å².